The number of carbonyl (C=O) groups excluding carboxylic acids is 3. The molecule has 18 rings (SSSR count). The summed E-state index contributed by atoms with van der Waals surface area (Å²) in [6, 6.07) is 103. The van der Waals surface area contributed by atoms with Gasteiger partial charge in [-0.25, -0.2) is 8.78 Å². The standard InChI is InChI=1S/C36H48N2O2.C17H12N.C16H8F2N.C15H10N.2C11H7FN.C8H12O3.2C5H8O2.5Ir.Pt/c1-33(2,3)25-17-23(31(39)27(19-25)35(7,8)9)21-37-29-15-13-14-16-30(29)38-22-24-18-26(34(4,5)6)20-28(32(24)40)36(10,11)12;1-2-7-14(8-3-1)15-9-6-10-16(13-15)17-11-4-5-12-18-17;17-16(18)12-6-2-1-5-11(12)15-14-10(8-9-19-15)4-3-7-13(14)16;1-2-7-13(8-3-1)15-14-9-5-4-6-12(14)10-11-16-15;2*12-10-6-4-9(5-7-10)11-3-1-2-8-13-11;1-5(9)8-6(10)3-2-4-7(8)11;2*1-4(6)3-5(2)7;;;;;;/h13-22,39-40H,1-12H3;1-9,11-13H;1-4,6-9H;1-7,9-11H;2*1-4,6-8H;5,9-10H,2-4H2,1H3;2*3,6H,1-2H3;;;;;;/q;5*-1;;;;;;;;;. The number of benzene rings is 11. The second-order valence-corrected chi connectivity index (χ2v) is 38.1. The monoisotopic (exact) mass is 3090 g/mol. The van der Waals surface area contributed by atoms with Gasteiger partial charge in [0.15, 0.2) is 17.3 Å². The summed E-state index contributed by atoms with van der Waals surface area (Å²) in [4.78, 5) is 62.0. The van der Waals surface area contributed by atoms with E-state index in [2.05, 4.69) is 187 Å². The number of aromatic hydroxyl groups is 2. The molecule has 0 spiro atoms. The Bertz CT molecular complexity index is 6920. The number of fused-ring (bicyclic) bond motifs is 3. The fourth-order valence-electron chi connectivity index (χ4n) is 15.1. The molecule has 2 aliphatic rings. The van der Waals surface area contributed by atoms with Crippen LogP contribution in [0.4, 0.5) is 28.9 Å². The van der Waals surface area contributed by atoms with Crippen molar-refractivity contribution in [2.24, 2.45) is 9.98 Å². The van der Waals surface area contributed by atoms with Crippen LogP contribution in [0.2, 0.25) is 0 Å². The Hall–Kier alpha value is -12.1. The first kappa shape index (κ1) is 130. The number of aromatic nitrogens is 5. The van der Waals surface area contributed by atoms with E-state index in [-0.39, 0.29) is 218 Å². The van der Waals surface area contributed by atoms with Gasteiger partial charge >= 0.3 is 0 Å². The fourth-order valence-corrected chi connectivity index (χ4v) is 15.1. The number of hydrogen-bond donors (Lipinski definition) is 6. The molecule has 1 unspecified atom stereocenters. The van der Waals surface area contributed by atoms with Gasteiger partial charge in [-0.05, 0) is 184 Å². The van der Waals surface area contributed by atoms with E-state index < -0.39 is 12.0 Å². The predicted octanol–water partition coefficient (Wildman–Crippen LogP) is 30.2. The van der Waals surface area contributed by atoms with Crippen LogP contribution < -0.4 is 0 Å². The number of hydrogen-bond acceptors (Lipinski definition) is 16. The third-order valence-corrected chi connectivity index (χ3v) is 22.3. The minimum absolute atomic E-state index is 0. The molecular formula is C124H120F4Ir5N7O9Pt-5. The number of halogens is 4. The second-order valence-electron chi connectivity index (χ2n) is 38.1. The molecular weight excluding hydrogens is 2960 g/mol. The van der Waals surface area contributed by atoms with Gasteiger partial charge in [0.05, 0.1) is 34.6 Å². The molecule has 0 fully saturated rings. The summed E-state index contributed by atoms with van der Waals surface area (Å²) >= 11 is 0. The fraction of sp³-hybridized carbons (Fsp3) is 0.210. The van der Waals surface area contributed by atoms with E-state index in [4.69, 9.17) is 25.3 Å². The molecule has 16 aromatic rings. The second kappa shape index (κ2) is 61.4. The number of ketones is 3. The summed E-state index contributed by atoms with van der Waals surface area (Å²) in [7, 11) is 0. The topological polar surface area (TPSA) is 262 Å². The van der Waals surface area contributed by atoms with E-state index in [9.17, 15) is 47.3 Å². The van der Waals surface area contributed by atoms with Gasteiger partial charge in [-0.3, -0.25) is 33.1 Å². The third-order valence-electron chi connectivity index (χ3n) is 22.3. The van der Waals surface area contributed by atoms with Crippen LogP contribution in [-0.2, 0) is 164 Å². The van der Waals surface area contributed by atoms with Crippen molar-refractivity contribution in [3.8, 4) is 78.9 Å². The predicted molar refractivity (Wildman–Crippen MR) is 572 cm³/mol. The minimum atomic E-state index is -3.00. The SMILES string of the molecule is CC(=O)C=C(C)O.CC(=O)C=C(C)O.CC(C)(C)c1cc(C=Nc2ccccc2N=Cc2cc(C(C)(C)C)cc(C(C)(C)C)c2O)c(O)c(C(C)(C)C)c1.CC(O)C1=C(O)CCCC1=O.FC1(F)c2ccc[c-]c2-c2nccc3cccc1c23.Fc1c[c-]c(-c2ccccn2)cc1.Fc1c[c-]c(-c2ccccn2)cc1.[Ir].[Ir].[Ir].[Ir].[Ir].[Pt].[c-]1ccc(-c2ccccc2)cc1-c1ccccn1.[c-]1ccccc1-c1nccc2ccccc12. The third kappa shape index (κ3) is 38.7. The summed E-state index contributed by atoms with van der Waals surface area (Å²) in [5, 5.41) is 61.1. The molecule has 5 aromatic heterocycles. The summed E-state index contributed by atoms with van der Waals surface area (Å²) < 4.78 is 54.3. The van der Waals surface area contributed by atoms with Crippen molar-refractivity contribution < 1.29 is 184 Å². The number of aliphatic hydroxyl groups is 4. The van der Waals surface area contributed by atoms with Crippen LogP contribution in [0.5, 0.6) is 11.5 Å². The van der Waals surface area contributed by atoms with Crippen molar-refractivity contribution in [3.63, 3.8) is 0 Å². The first-order chi connectivity index (χ1) is 68.4. The zero-order valence-electron chi connectivity index (χ0n) is 86.1. The maximum absolute atomic E-state index is 14.6. The number of aliphatic imine (C=N–C) groups is 2. The molecule has 1 atom stereocenters. The Morgan fingerprint density at radius 2 is 0.860 bits per heavy atom. The van der Waals surface area contributed by atoms with E-state index in [0.29, 0.717) is 58.4 Å². The van der Waals surface area contributed by atoms with Crippen molar-refractivity contribution >= 4 is 62.7 Å². The molecule has 0 bridgehead atoms. The summed E-state index contributed by atoms with van der Waals surface area (Å²) in [6.07, 6.45) is 15.3. The molecule has 0 saturated heterocycles. The van der Waals surface area contributed by atoms with E-state index in [1.54, 1.807) is 73.6 Å². The molecule has 2 aliphatic carbocycles. The van der Waals surface area contributed by atoms with Crippen LogP contribution in [0, 0.1) is 42.0 Å². The van der Waals surface area contributed by atoms with Gasteiger partial charge in [-0.2, -0.15) is 0 Å². The zero-order chi connectivity index (χ0) is 105. The van der Waals surface area contributed by atoms with Crippen LogP contribution in [0.25, 0.3) is 89.0 Å². The molecule has 16 nitrogen and oxygen atoms in total. The molecule has 0 aliphatic heterocycles. The number of aliphatic hydroxyl groups excluding tert-OH is 4. The van der Waals surface area contributed by atoms with Crippen molar-refractivity contribution in [1.29, 1.82) is 0 Å². The van der Waals surface area contributed by atoms with Crippen molar-refractivity contribution in [3.05, 3.63) is 438 Å². The number of Topliss-reactive ketones (excluding diaryl/α,β-unsaturated/α-hetero) is 1. The van der Waals surface area contributed by atoms with Crippen LogP contribution in [0.3, 0.4) is 0 Å². The van der Waals surface area contributed by atoms with Crippen molar-refractivity contribution in [2.45, 2.75) is 171 Å². The van der Waals surface area contributed by atoms with Crippen molar-refractivity contribution in [2.75, 3.05) is 0 Å². The largest absolute Gasteiger partial charge is 0.512 e. The number of nitrogens with zero attached hydrogens (tertiary/aromatic N) is 7. The van der Waals surface area contributed by atoms with E-state index >= 15 is 0 Å². The molecule has 11 aromatic carbocycles. The maximum atomic E-state index is 14.6. The first-order valence-electron chi connectivity index (χ1n) is 46.9. The van der Waals surface area contributed by atoms with Gasteiger partial charge < -0.3 is 55.6 Å². The van der Waals surface area contributed by atoms with Crippen LogP contribution in [-0.4, -0.2) is 91.4 Å². The van der Waals surface area contributed by atoms with Crippen LogP contribution >= 0.6 is 0 Å². The van der Waals surface area contributed by atoms with Crippen molar-refractivity contribution in [1.82, 2.24) is 24.9 Å². The molecule has 26 heteroatoms. The number of para-hydroxylation sites is 2. The number of phenols is 2. The normalized spacial score (nSPS) is 12.3. The Balaban J connectivity index is 0.000000368. The quantitative estimate of drug-likeness (QED) is 0.0219. The van der Waals surface area contributed by atoms with Crippen LogP contribution in [0.1, 0.15) is 181 Å². The summed E-state index contributed by atoms with van der Waals surface area (Å²) in [6.45, 7) is 32.9. The van der Waals surface area contributed by atoms with E-state index in [1.165, 1.54) is 105 Å². The molecule has 0 amide bonds. The minimum Gasteiger partial charge on any atom is -0.512 e. The molecule has 150 heavy (non-hydrogen) atoms. The molecule has 5 heterocycles. The zero-order valence-corrected chi connectivity index (χ0v) is 100. The van der Waals surface area contributed by atoms with E-state index in [0.717, 1.165) is 72.7 Å². The summed E-state index contributed by atoms with van der Waals surface area (Å²) in [5.41, 5.74) is 17.1. The summed E-state index contributed by atoms with van der Waals surface area (Å²) in [5.74, 6) is -3.23. The molecule has 6 N–H and O–H groups in total. The smallest absolute Gasteiger partial charge is 0.266 e. The number of allylic oxidation sites excluding steroid dienone is 5. The Morgan fingerprint density at radius 3 is 1.29 bits per heavy atom. The molecule has 793 valence electrons. The Kier molecular flexibility index (Phi) is 53.3. The van der Waals surface area contributed by atoms with Gasteiger partial charge in [0.2, 0.25) is 0 Å². The van der Waals surface area contributed by atoms with Gasteiger partial charge in [-0.1, -0.05) is 222 Å². The average Bonchev–Trinajstić information content (AvgIpc) is 0.719. The Morgan fingerprint density at radius 1 is 0.420 bits per heavy atom. The number of phenolic OH excluding ortho intramolecular Hbond substituents is 2. The first-order valence-corrected chi connectivity index (χ1v) is 46.9. The number of rotatable bonds is 12. The Labute approximate surface area is 960 Å². The van der Waals surface area contributed by atoms with Gasteiger partial charge in [-0.15, -0.1) is 161 Å². The van der Waals surface area contributed by atoms with Gasteiger partial charge in [0, 0.05) is 229 Å². The average molecular weight is 3080 g/mol. The number of carbonyl (C=O) groups is 3. The molecule has 5 radical (unpaired) electrons. The maximum Gasteiger partial charge on any atom is 0.266 e. The number of alkyl halides is 2. The van der Waals surface area contributed by atoms with Crippen LogP contribution in [0.15, 0.2) is 361 Å². The van der Waals surface area contributed by atoms with Gasteiger partial charge in [0.1, 0.15) is 17.3 Å². The number of pyridine rings is 5. The molecule has 0 saturated carbocycles. The van der Waals surface area contributed by atoms with Gasteiger partial charge in [0.25, 0.3) is 5.92 Å². The van der Waals surface area contributed by atoms with E-state index in [1.807, 2.05) is 170 Å².